The molecular formula is C20H19NO3S2. The number of methoxy groups -OCH3 is 1. The van der Waals surface area contributed by atoms with Crippen molar-refractivity contribution >= 4 is 29.1 Å². The van der Waals surface area contributed by atoms with Crippen LogP contribution >= 0.6 is 23.1 Å². The standard InChI is InChI=1S/C20H19NO3S2/c1-14-3-5-15(6-4-14)20-21-16(12-26-20)11-24-19(22)13-25-18-9-7-17(23-2)8-10-18/h3-10,12H,11,13H2,1-2H3. The third kappa shape index (κ3) is 5.09. The van der Waals surface area contributed by atoms with Crippen LogP contribution in [0, 0.1) is 6.92 Å². The predicted octanol–water partition coefficient (Wildman–Crippen LogP) is 4.96. The number of hydrogen-bond acceptors (Lipinski definition) is 6. The lowest BCUT2D eigenvalue weighted by Crippen LogP contribution is -2.07. The van der Waals surface area contributed by atoms with Gasteiger partial charge >= 0.3 is 5.97 Å². The Morgan fingerprint density at radius 3 is 2.54 bits per heavy atom. The molecule has 3 aromatic rings. The van der Waals surface area contributed by atoms with Gasteiger partial charge < -0.3 is 9.47 Å². The van der Waals surface area contributed by atoms with E-state index in [1.165, 1.54) is 17.3 Å². The summed E-state index contributed by atoms with van der Waals surface area (Å²) in [7, 11) is 1.63. The molecule has 4 nitrogen and oxygen atoms in total. The molecule has 2 aromatic carbocycles. The van der Waals surface area contributed by atoms with Crippen LogP contribution in [0.4, 0.5) is 0 Å². The highest BCUT2D eigenvalue weighted by molar-refractivity contribution is 8.00. The zero-order valence-corrected chi connectivity index (χ0v) is 16.2. The number of nitrogens with zero attached hydrogens (tertiary/aromatic N) is 1. The van der Waals surface area contributed by atoms with E-state index in [2.05, 4.69) is 36.2 Å². The Morgan fingerprint density at radius 1 is 1.12 bits per heavy atom. The molecule has 0 aliphatic rings. The molecule has 26 heavy (non-hydrogen) atoms. The summed E-state index contributed by atoms with van der Waals surface area (Å²) in [5, 5.41) is 2.86. The molecule has 0 radical (unpaired) electrons. The fourth-order valence-electron chi connectivity index (χ4n) is 2.21. The Labute approximate surface area is 161 Å². The average molecular weight is 386 g/mol. The second-order valence-electron chi connectivity index (χ2n) is 5.63. The van der Waals surface area contributed by atoms with Gasteiger partial charge in [0, 0.05) is 15.8 Å². The van der Waals surface area contributed by atoms with Crippen LogP contribution in [0.25, 0.3) is 10.6 Å². The van der Waals surface area contributed by atoms with Crippen LogP contribution < -0.4 is 4.74 Å². The van der Waals surface area contributed by atoms with E-state index in [1.54, 1.807) is 18.4 Å². The van der Waals surface area contributed by atoms with Gasteiger partial charge in [-0.05, 0) is 31.2 Å². The fraction of sp³-hybridized carbons (Fsp3) is 0.200. The van der Waals surface area contributed by atoms with Gasteiger partial charge in [0.25, 0.3) is 0 Å². The van der Waals surface area contributed by atoms with Crippen molar-refractivity contribution in [3.63, 3.8) is 0 Å². The van der Waals surface area contributed by atoms with Crippen molar-refractivity contribution < 1.29 is 14.3 Å². The van der Waals surface area contributed by atoms with Crippen LogP contribution in [0.2, 0.25) is 0 Å². The molecule has 0 spiro atoms. The maximum atomic E-state index is 11.9. The van der Waals surface area contributed by atoms with E-state index in [0.29, 0.717) is 0 Å². The third-order valence-electron chi connectivity index (χ3n) is 3.65. The van der Waals surface area contributed by atoms with Gasteiger partial charge in [-0.25, -0.2) is 4.98 Å². The molecule has 1 aromatic heterocycles. The molecule has 6 heteroatoms. The fourth-order valence-corrected chi connectivity index (χ4v) is 3.72. The SMILES string of the molecule is COc1ccc(SCC(=O)OCc2csc(-c3ccc(C)cc3)n2)cc1. The van der Waals surface area contributed by atoms with Gasteiger partial charge in [0.15, 0.2) is 0 Å². The number of hydrogen-bond donors (Lipinski definition) is 0. The normalized spacial score (nSPS) is 10.5. The number of carbonyl (C=O) groups excluding carboxylic acids is 1. The van der Waals surface area contributed by atoms with E-state index < -0.39 is 0 Å². The molecule has 0 bridgehead atoms. The van der Waals surface area contributed by atoms with Crippen molar-refractivity contribution in [1.29, 1.82) is 0 Å². The van der Waals surface area contributed by atoms with Crippen molar-refractivity contribution in [2.45, 2.75) is 18.4 Å². The summed E-state index contributed by atoms with van der Waals surface area (Å²) >= 11 is 2.99. The highest BCUT2D eigenvalue weighted by Gasteiger charge is 2.09. The maximum Gasteiger partial charge on any atom is 0.316 e. The summed E-state index contributed by atoms with van der Waals surface area (Å²) in [6.07, 6.45) is 0. The van der Waals surface area contributed by atoms with Crippen molar-refractivity contribution in [3.05, 3.63) is 65.2 Å². The van der Waals surface area contributed by atoms with E-state index in [9.17, 15) is 4.79 Å². The van der Waals surface area contributed by atoms with Gasteiger partial charge in [0.2, 0.25) is 0 Å². The lowest BCUT2D eigenvalue weighted by Gasteiger charge is -2.04. The number of ether oxygens (including phenoxy) is 2. The van der Waals surface area contributed by atoms with Crippen LogP contribution in [-0.2, 0) is 16.1 Å². The quantitative estimate of drug-likeness (QED) is 0.425. The molecule has 0 amide bonds. The summed E-state index contributed by atoms with van der Waals surface area (Å²) in [5.74, 6) is 0.807. The average Bonchev–Trinajstić information content (AvgIpc) is 3.14. The first-order chi connectivity index (χ1) is 12.6. The maximum absolute atomic E-state index is 11.9. The number of thioether (sulfide) groups is 1. The summed E-state index contributed by atoms with van der Waals surface area (Å²) in [4.78, 5) is 17.5. The van der Waals surface area contributed by atoms with E-state index >= 15 is 0 Å². The Hall–Kier alpha value is -2.31. The summed E-state index contributed by atoms with van der Waals surface area (Å²) in [6, 6.07) is 15.8. The topological polar surface area (TPSA) is 48.4 Å². The van der Waals surface area contributed by atoms with Crippen LogP contribution in [0.3, 0.4) is 0 Å². The lowest BCUT2D eigenvalue weighted by molar-refractivity contribution is -0.141. The third-order valence-corrected chi connectivity index (χ3v) is 5.57. The summed E-state index contributed by atoms with van der Waals surface area (Å²) < 4.78 is 10.4. The molecule has 0 aliphatic carbocycles. The predicted molar refractivity (Wildman–Crippen MR) is 106 cm³/mol. The molecule has 134 valence electrons. The molecule has 0 fully saturated rings. The largest absolute Gasteiger partial charge is 0.497 e. The van der Waals surface area contributed by atoms with E-state index in [-0.39, 0.29) is 18.3 Å². The zero-order chi connectivity index (χ0) is 18.4. The first kappa shape index (κ1) is 18.5. The van der Waals surface area contributed by atoms with Gasteiger partial charge in [0.1, 0.15) is 17.4 Å². The molecule has 0 aliphatic heterocycles. The highest BCUT2D eigenvalue weighted by atomic mass is 32.2. The molecule has 0 unspecified atom stereocenters. The van der Waals surface area contributed by atoms with Crippen LogP contribution in [0.5, 0.6) is 5.75 Å². The number of benzene rings is 2. The molecule has 0 saturated carbocycles. The van der Waals surface area contributed by atoms with E-state index in [4.69, 9.17) is 9.47 Å². The molecule has 1 heterocycles. The smallest absolute Gasteiger partial charge is 0.316 e. The van der Waals surface area contributed by atoms with Crippen LogP contribution in [-0.4, -0.2) is 23.8 Å². The molecular weight excluding hydrogens is 366 g/mol. The minimum atomic E-state index is -0.254. The first-order valence-corrected chi connectivity index (χ1v) is 9.94. The first-order valence-electron chi connectivity index (χ1n) is 8.08. The molecule has 0 saturated heterocycles. The number of carbonyl (C=O) groups is 1. The van der Waals surface area contributed by atoms with E-state index in [0.717, 1.165) is 26.9 Å². The highest BCUT2D eigenvalue weighted by Crippen LogP contribution is 2.25. The van der Waals surface area contributed by atoms with Gasteiger partial charge in [0.05, 0.1) is 18.6 Å². The monoisotopic (exact) mass is 385 g/mol. The molecule has 0 N–H and O–H groups in total. The Kier molecular flexibility index (Phi) is 6.30. The van der Waals surface area contributed by atoms with Gasteiger partial charge in [-0.15, -0.1) is 23.1 Å². The Balaban J connectivity index is 1.47. The van der Waals surface area contributed by atoms with Gasteiger partial charge in [-0.2, -0.15) is 0 Å². The zero-order valence-electron chi connectivity index (χ0n) is 14.6. The minimum absolute atomic E-state index is 0.199. The van der Waals surface area contributed by atoms with Gasteiger partial charge in [-0.1, -0.05) is 29.8 Å². The van der Waals surface area contributed by atoms with Crippen LogP contribution in [0.1, 0.15) is 11.3 Å². The summed E-state index contributed by atoms with van der Waals surface area (Å²) in [5.41, 5.74) is 3.07. The number of esters is 1. The molecule has 0 atom stereocenters. The minimum Gasteiger partial charge on any atom is -0.497 e. The van der Waals surface area contributed by atoms with Crippen molar-refractivity contribution in [3.8, 4) is 16.3 Å². The second-order valence-corrected chi connectivity index (χ2v) is 7.54. The van der Waals surface area contributed by atoms with Crippen LogP contribution in [0.15, 0.2) is 58.8 Å². The van der Waals surface area contributed by atoms with Crippen molar-refractivity contribution in [2.75, 3.05) is 12.9 Å². The van der Waals surface area contributed by atoms with Crippen molar-refractivity contribution in [2.24, 2.45) is 0 Å². The number of rotatable bonds is 7. The lowest BCUT2D eigenvalue weighted by atomic mass is 10.2. The summed E-state index contributed by atoms with van der Waals surface area (Å²) in [6.45, 7) is 2.25. The van der Waals surface area contributed by atoms with Crippen molar-refractivity contribution in [1.82, 2.24) is 4.98 Å². The number of thiazole rings is 1. The number of aromatic nitrogens is 1. The molecule has 3 rings (SSSR count). The van der Waals surface area contributed by atoms with Gasteiger partial charge in [-0.3, -0.25) is 4.79 Å². The Morgan fingerprint density at radius 2 is 1.85 bits per heavy atom. The number of aryl methyl sites for hydroxylation is 1. The second kappa shape index (κ2) is 8.87. The Bertz CT molecular complexity index is 858. The van der Waals surface area contributed by atoms with E-state index in [1.807, 2.05) is 29.6 Å².